The maximum atomic E-state index is 12.1. The molecule has 0 saturated carbocycles. The molecule has 1 aliphatic rings. The van der Waals surface area contributed by atoms with Gasteiger partial charge in [0, 0.05) is 18.0 Å². The first kappa shape index (κ1) is 17.3. The van der Waals surface area contributed by atoms with Crippen LogP contribution >= 0.6 is 0 Å². The highest BCUT2D eigenvalue weighted by molar-refractivity contribution is 5.94. The van der Waals surface area contributed by atoms with Crippen molar-refractivity contribution in [3.63, 3.8) is 0 Å². The van der Waals surface area contributed by atoms with Gasteiger partial charge in [0.25, 0.3) is 5.91 Å². The predicted octanol–water partition coefficient (Wildman–Crippen LogP) is 3.00. The number of ether oxygens (including phenoxy) is 2. The zero-order chi connectivity index (χ0) is 17.5. The Morgan fingerprint density at radius 2 is 1.88 bits per heavy atom. The predicted molar refractivity (Wildman–Crippen MR) is 94.8 cm³/mol. The summed E-state index contributed by atoms with van der Waals surface area (Å²) in [6.45, 7) is 1.79. The fourth-order valence-electron chi connectivity index (χ4n) is 2.81. The second-order valence-corrected chi connectivity index (χ2v) is 6.28. The molecule has 0 aromatic heterocycles. The maximum Gasteiger partial charge on any atom is 0.251 e. The number of phenolic OH excluding ortho intramolecular Hbond substituents is 1. The highest BCUT2D eigenvalue weighted by atomic mass is 16.5. The number of nitrogens with one attached hydrogen (secondary N) is 1. The topological polar surface area (TPSA) is 67.8 Å². The third-order valence-corrected chi connectivity index (χ3v) is 4.31. The Labute approximate surface area is 147 Å². The fourth-order valence-corrected chi connectivity index (χ4v) is 2.81. The number of hydrogen-bond acceptors (Lipinski definition) is 4. The van der Waals surface area contributed by atoms with Gasteiger partial charge in [0.15, 0.2) is 0 Å². The molecule has 2 aromatic carbocycles. The Morgan fingerprint density at radius 1 is 1.12 bits per heavy atom. The van der Waals surface area contributed by atoms with Crippen molar-refractivity contribution in [3.05, 3.63) is 60.2 Å². The van der Waals surface area contributed by atoms with Crippen molar-refractivity contribution in [2.75, 3.05) is 19.8 Å². The molecular formula is C20H23NO4. The van der Waals surface area contributed by atoms with Gasteiger partial charge in [0.05, 0.1) is 19.3 Å². The molecule has 1 saturated heterocycles. The van der Waals surface area contributed by atoms with Gasteiger partial charge in [-0.2, -0.15) is 0 Å². The lowest BCUT2D eigenvalue weighted by Crippen LogP contribution is -2.38. The summed E-state index contributed by atoms with van der Waals surface area (Å²) < 4.78 is 11.6. The van der Waals surface area contributed by atoms with E-state index in [1.807, 2.05) is 30.3 Å². The van der Waals surface area contributed by atoms with Crippen molar-refractivity contribution in [2.24, 2.45) is 5.92 Å². The lowest BCUT2D eigenvalue weighted by atomic mass is 9.99. The zero-order valence-corrected chi connectivity index (χ0v) is 14.1. The van der Waals surface area contributed by atoms with E-state index in [-0.39, 0.29) is 17.8 Å². The van der Waals surface area contributed by atoms with Crippen LogP contribution < -0.4 is 10.1 Å². The summed E-state index contributed by atoms with van der Waals surface area (Å²) in [7, 11) is 0. The minimum absolute atomic E-state index is 0.0361. The van der Waals surface area contributed by atoms with Crippen molar-refractivity contribution in [3.8, 4) is 11.5 Å². The summed E-state index contributed by atoms with van der Waals surface area (Å²) in [5, 5.41) is 12.1. The van der Waals surface area contributed by atoms with Gasteiger partial charge in [-0.25, -0.2) is 0 Å². The number of benzene rings is 2. The van der Waals surface area contributed by atoms with Crippen molar-refractivity contribution in [2.45, 2.75) is 18.9 Å². The summed E-state index contributed by atoms with van der Waals surface area (Å²) >= 11 is 0. The standard InChI is InChI=1S/C20H23NO4/c22-17-9-7-16(8-10-17)20(23)21-12-19-11-6-15(14-25-19)13-24-18-4-2-1-3-5-18/h1-5,7-10,15,19,22H,6,11-14H2,(H,21,23)/t15-,19-/m0/s1. The van der Waals surface area contributed by atoms with Crippen LogP contribution in [0.25, 0.3) is 0 Å². The molecule has 0 radical (unpaired) electrons. The van der Waals surface area contributed by atoms with Crippen LogP contribution in [0.3, 0.4) is 0 Å². The average Bonchev–Trinajstić information content (AvgIpc) is 2.67. The molecule has 5 heteroatoms. The molecule has 1 fully saturated rings. The number of rotatable bonds is 6. The molecule has 0 spiro atoms. The fraction of sp³-hybridized carbons (Fsp3) is 0.350. The van der Waals surface area contributed by atoms with Gasteiger partial charge >= 0.3 is 0 Å². The highest BCUT2D eigenvalue weighted by Gasteiger charge is 2.22. The Kier molecular flexibility index (Phi) is 5.90. The van der Waals surface area contributed by atoms with Crippen molar-refractivity contribution in [1.82, 2.24) is 5.32 Å². The molecule has 0 aliphatic carbocycles. The molecule has 2 atom stereocenters. The van der Waals surface area contributed by atoms with Crippen molar-refractivity contribution in [1.29, 1.82) is 0 Å². The van der Waals surface area contributed by atoms with E-state index in [1.54, 1.807) is 12.1 Å². The molecule has 0 bridgehead atoms. The van der Waals surface area contributed by atoms with E-state index < -0.39 is 0 Å². The van der Waals surface area contributed by atoms with Crippen molar-refractivity contribution < 1.29 is 19.4 Å². The van der Waals surface area contributed by atoms with Gasteiger partial charge in [0.2, 0.25) is 0 Å². The van der Waals surface area contributed by atoms with Crippen LogP contribution in [0.1, 0.15) is 23.2 Å². The second kappa shape index (κ2) is 8.53. The largest absolute Gasteiger partial charge is 0.508 e. The normalized spacial score (nSPS) is 20.0. The first-order chi connectivity index (χ1) is 12.2. The molecule has 5 nitrogen and oxygen atoms in total. The Balaban J connectivity index is 1.36. The van der Waals surface area contributed by atoms with Crippen LogP contribution in [-0.2, 0) is 4.74 Å². The van der Waals surface area contributed by atoms with Crippen LogP contribution in [0.2, 0.25) is 0 Å². The Bertz CT molecular complexity index is 664. The van der Waals surface area contributed by atoms with Gasteiger partial charge in [-0.1, -0.05) is 18.2 Å². The number of carbonyl (C=O) groups excluding carboxylic acids is 1. The minimum Gasteiger partial charge on any atom is -0.508 e. The van der Waals surface area contributed by atoms with Gasteiger partial charge in [-0.05, 0) is 49.2 Å². The number of carbonyl (C=O) groups is 1. The van der Waals surface area contributed by atoms with Gasteiger partial charge < -0.3 is 19.9 Å². The van der Waals surface area contributed by atoms with E-state index >= 15 is 0 Å². The molecule has 3 rings (SSSR count). The summed E-state index contributed by atoms with van der Waals surface area (Å²) in [4.78, 5) is 12.1. The molecule has 25 heavy (non-hydrogen) atoms. The lowest BCUT2D eigenvalue weighted by molar-refractivity contribution is -0.0251. The summed E-state index contributed by atoms with van der Waals surface area (Å²) in [5.74, 6) is 1.25. The monoisotopic (exact) mass is 341 g/mol. The molecule has 1 aliphatic heterocycles. The third-order valence-electron chi connectivity index (χ3n) is 4.31. The number of hydrogen-bond donors (Lipinski definition) is 2. The smallest absolute Gasteiger partial charge is 0.251 e. The van der Waals surface area contributed by atoms with E-state index in [9.17, 15) is 9.90 Å². The first-order valence-corrected chi connectivity index (χ1v) is 8.57. The summed E-state index contributed by atoms with van der Waals surface area (Å²) in [5.41, 5.74) is 0.530. The molecule has 1 amide bonds. The van der Waals surface area contributed by atoms with Gasteiger partial charge in [0.1, 0.15) is 11.5 Å². The molecule has 132 valence electrons. The maximum absolute atomic E-state index is 12.1. The molecule has 1 heterocycles. The molecule has 2 aromatic rings. The Morgan fingerprint density at radius 3 is 2.56 bits per heavy atom. The van der Waals surface area contributed by atoms with Gasteiger partial charge in [-0.3, -0.25) is 4.79 Å². The van der Waals surface area contributed by atoms with Crippen LogP contribution in [-0.4, -0.2) is 36.9 Å². The molecule has 2 N–H and O–H groups in total. The molecule has 0 unspecified atom stereocenters. The number of aromatic hydroxyl groups is 1. The van der Waals surface area contributed by atoms with Crippen LogP contribution in [0, 0.1) is 5.92 Å². The summed E-state index contributed by atoms with van der Waals surface area (Å²) in [6.07, 6.45) is 1.96. The number of para-hydroxylation sites is 1. The second-order valence-electron chi connectivity index (χ2n) is 6.28. The van der Waals surface area contributed by atoms with Crippen LogP contribution in [0.4, 0.5) is 0 Å². The Hall–Kier alpha value is -2.53. The van der Waals surface area contributed by atoms with E-state index in [2.05, 4.69) is 5.32 Å². The van der Waals surface area contributed by atoms with Crippen LogP contribution in [0.15, 0.2) is 54.6 Å². The third kappa shape index (κ3) is 5.22. The van der Waals surface area contributed by atoms with E-state index in [0.29, 0.717) is 31.2 Å². The average molecular weight is 341 g/mol. The number of amides is 1. The minimum atomic E-state index is -0.155. The van der Waals surface area contributed by atoms with E-state index in [0.717, 1.165) is 18.6 Å². The SMILES string of the molecule is O=C(NC[C@@H]1CC[C@@H](COc2ccccc2)CO1)c1ccc(O)cc1. The van der Waals surface area contributed by atoms with E-state index in [1.165, 1.54) is 12.1 Å². The lowest BCUT2D eigenvalue weighted by Gasteiger charge is -2.29. The molecular weight excluding hydrogens is 318 g/mol. The quantitative estimate of drug-likeness (QED) is 0.847. The summed E-state index contributed by atoms with van der Waals surface area (Å²) in [6, 6.07) is 16.0. The van der Waals surface area contributed by atoms with Gasteiger partial charge in [-0.15, -0.1) is 0 Å². The van der Waals surface area contributed by atoms with E-state index in [4.69, 9.17) is 9.47 Å². The van der Waals surface area contributed by atoms with Crippen molar-refractivity contribution >= 4 is 5.91 Å². The zero-order valence-electron chi connectivity index (χ0n) is 14.1. The highest BCUT2D eigenvalue weighted by Crippen LogP contribution is 2.20. The number of phenols is 1. The first-order valence-electron chi connectivity index (χ1n) is 8.57. The van der Waals surface area contributed by atoms with Crippen LogP contribution in [0.5, 0.6) is 11.5 Å².